The molecule has 0 aliphatic heterocycles. The summed E-state index contributed by atoms with van der Waals surface area (Å²) in [6, 6.07) is 23.3. The number of hydrogen-bond donors (Lipinski definition) is 3. The first-order valence-corrected chi connectivity index (χ1v) is 10.0. The van der Waals surface area contributed by atoms with Crippen LogP contribution in [0.4, 0.5) is 0 Å². The summed E-state index contributed by atoms with van der Waals surface area (Å²) in [5, 5.41) is 37.2. The summed E-state index contributed by atoms with van der Waals surface area (Å²) in [6.45, 7) is 0. The monoisotopic (exact) mass is 388 g/mol. The molecule has 4 aromatic carbocycles. The van der Waals surface area contributed by atoms with E-state index in [-0.39, 0.29) is 11.5 Å². The normalized spacial score (nSPS) is 16.6. The van der Waals surface area contributed by atoms with Crippen molar-refractivity contribution in [1.29, 1.82) is 0 Å². The highest BCUT2D eigenvalue weighted by atomic mass is 16.3. The Kier molecular flexibility index (Phi) is 2.78. The smallest absolute Gasteiger partial charge is 0.131 e. The molecular formula is C27H16O3. The van der Waals surface area contributed by atoms with Gasteiger partial charge in [-0.2, -0.15) is 0 Å². The SMILES string of the molecule is OC1=c2c(c3c(c4c2-c2ccccc2C4O)=c2ccccc2=C3O)-c2ccccc21. The van der Waals surface area contributed by atoms with E-state index in [1.807, 2.05) is 72.8 Å². The minimum Gasteiger partial charge on any atom is -0.507 e. The Labute approximate surface area is 171 Å². The van der Waals surface area contributed by atoms with E-state index in [0.717, 1.165) is 54.6 Å². The minimum absolute atomic E-state index is 0.201. The van der Waals surface area contributed by atoms with Gasteiger partial charge in [-0.25, -0.2) is 0 Å². The molecule has 3 N–H and O–H groups in total. The summed E-state index contributed by atoms with van der Waals surface area (Å²) < 4.78 is 0. The second kappa shape index (κ2) is 5.21. The molecule has 3 nitrogen and oxygen atoms in total. The molecule has 0 saturated carbocycles. The Balaban J connectivity index is 1.86. The summed E-state index contributed by atoms with van der Waals surface area (Å²) >= 11 is 0. The van der Waals surface area contributed by atoms with Crippen molar-refractivity contribution in [3.8, 4) is 22.3 Å². The van der Waals surface area contributed by atoms with Crippen molar-refractivity contribution in [2.75, 3.05) is 0 Å². The Bertz CT molecular complexity index is 1680. The number of aliphatic hydroxyl groups excluding tert-OH is 3. The zero-order valence-electron chi connectivity index (χ0n) is 15.8. The molecule has 0 spiro atoms. The first-order chi connectivity index (χ1) is 14.7. The molecule has 0 fully saturated rings. The lowest BCUT2D eigenvalue weighted by atomic mass is 9.91. The van der Waals surface area contributed by atoms with Gasteiger partial charge in [0.2, 0.25) is 0 Å². The van der Waals surface area contributed by atoms with Crippen molar-refractivity contribution in [2.45, 2.75) is 6.10 Å². The molecule has 3 aliphatic rings. The maximum Gasteiger partial charge on any atom is 0.131 e. The van der Waals surface area contributed by atoms with Crippen molar-refractivity contribution in [3.63, 3.8) is 0 Å². The average molecular weight is 388 g/mol. The van der Waals surface area contributed by atoms with E-state index < -0.39 is 6.10 Å². The zero-order valence-corrected chi connectivity index (χ0v) is 15.8. The van der Waals surface area contributed by atoms with Gasteiger partial charge in [0.25, 0.3) is 0 Å². The molecule has 4 aromatic rings. The predicted molar refractivity (Wildman–Crippen MR) is 115 cm³/mol. The molecular weight excluding hydrogens is 372 g/mol. The summed E-state index contributed by atoms with van der Waals surface area (Å²) in [7, 11) is 0. The van der Waals surface area contributed by atoms with Crippen LogP contribution in [0.25, 0.3) is 33.8 Å². The highest BCUT2D eigenvalue weighted by molar-refractivity contribution is 5.98. The zero-order chi connectivity index (χ0) is 20.1. The van der Waals surface area contributed by atoms with E-state index in [1.165, 1.54) is 0 Å². The Morgan fingerprint density at radius 3 is 1.97 bits per heavy atom. The van der Waals surface area contributed by atoms with Crippen LogP contribution in [-0.4, -0.2) is 15.3 Å². The van der Waals surface area contributed by atoms with Crippen molar-refractivity contribution < 1.29 is 15.3 Å². The van der Waals surface area contributed by atoms with Crippen LogP contribution in [-0.2, 0) is 0 Å². The van der Waals surface area contributed by atoms with Crippen molar-refractivity contribution in [2.24, 2.45) is 0 Å². The number of hydrogen-bond acceptors (Lipinski definition) is 3. The van der Waals surface area contributed by atoms with E-state index in [1.54, 1.807) is 0 Å². The third-order valence-corrected chi connectivity index (χ3v) is 6.71. The molecule has 0 bridgehead atoms. The minimum atomic E-state index is -0.814. The quantitative estimate of drug-likeness (QED) is 0.430. The molecule has 0 aromatic heterocycles. The van der Waals surface area contributed by atoms with Gasteiger partial charge in [0.15, 0.2) is 0 Å². The van der Waals surface area contributed by atoms with Gasteiger partial charge >= 0.3 is 0 Å². The predicted octanol–water partition coefficient (Wildman–Crippen LogP) is 3.76. The number of fused-ring (bicyclic) bond motifs is 11. The Morgan fingerprint density at radius 2 is 1.17 bits per heavy atom. The van der Waals surface area contributed by atoms with Gasteiger partial charge < -0.3 is 15.3 Å². The second-order valence-electron chi connectivity index (χ2n) is 8.07. The first-order valence-electron chi connectivity index (χ1n) is 10.0. The standard InChI is InChI=1S/C27H16O3/c28-25-16-10-4-1-7-13(16)19-22(25)20-15-9-3-6-12-18(15)27(30)24(20)21-14-8-2-5-11-17(14)26(29)23(19)21/h1-12,25,28-30H. The summed E-state index contributed by atoms with van der Waals surface area (Å²) in [6.07, 6.45) is -0.814. The van der Waals surface area contributed by atoms with Crippen LogP contribution >= 0.6 is 0 Å². The van der Waals surface area contributed by atoms with Gasteiger partial charge in [-0.1, -0.05) is 72.8 Å². The van der Waals surface area contributed by atoms with Crippen LogP contribution in [0.15, 0.2) is 72.8 Å². The second-order valence-corrected chi connectivity index (χ2v) is 8.07. The lowest BCUT2D eigenvalue weighted by Gasteiger charge is -2.13. The van der Waals surface area contributed by atoms with Gasteiger partial charge in [0, 0.05) is 43.5 Å². The maximum absolute atomic E-state index is 11.4. The lowest BCUT2D eigenvalue weighted by Crippen LogP contribution is -2.14. The van der Waals surface area contributed by atoms with Crippen molar-refractivity contribution in [1.82, 2.24) is 0 Å². The van der Waals surface area contributed by atoms with Gasteiger partial charge in [-0.15, -0.1) is 0 Å². The van der Waals surface area contributed by atoms with Crippen LogP contribution in [0.3, 0.4) is 0 Å². The molecule has 30 heavy (non-hydrogen) atoms. The molecule has 0 radical (unpaired) electrons. The van der Waals surface area contributed by atoms with Gasteiger partial charge in [0.05, 0.1) is 0 Å². The topological polar surface area (TPSA) is 60.7 Å². The average Bonchev–Trinajstić information content (AvgIpc) is 3.36. The van der Waals surface area contributed by atoms with E-state index >= 15 is 0 Å². The van der Waals surface area contributed by atoms with Gasteiger partial charge in [-0.05, 0) is 21.9 Å². The van der Waals surface area contributed by atoms with Crippen LogP contribution in [0.1, 0.15) is 28.4 Å². The largest absolute Gasteiger partial charge is 0.507 e. The van der Waals surface area contributed by atoms with Crippen LogP contribution in [0.5, 0.6) is 0 Å². The molecule has 3 heteroatoms. The lowest BCUT2D eigenvalue weighted by molar-refractivity contribution is 0.224. The van der Waals surface area contributed by atoms with Gasteiger partial charge in [-0.3, -0.25) is 0 Å². The molecule has 0 saturated heterocycles. The van der Waals surface area contributed by atoms with E-state index in [9.17, 15) is 15.3 Å². The Hall–Kier alpha value is -3.82. The van der Waals surface area contributed by atoms with E-state index in [4.69, 9.17) is 0 Å². The number of rotatable bonds is 0. The molecule has 1 unspecified atom stereocenters. The third kappa shape index (κ3) is 1.63. The third-order valence-electron chi connectivity index (χ3n) is 6.71. The fourth-order valence-corrected chi connectivity index (χ4v) is 5.55. The molecule has 3 aliphatic carbocycles. The number of aliphatic hydroxyl groups is 3. The van der Waals surface area contributed by atoms with Crippen LogP contribution in [0, 0.1) is 10.4 Å². The van der Waals surface area contributed by atoms with Crippen LogP contribution in [0.2, 0.25) is 0 Å². The summed E-state index contributed by atoms with van der Waals surface area (Å²) in [4.78, 5) is 0. The maximum atomic E-state index is 11.4. The number of benzene rings is 4. The molecule has 1 atom stereocenters. The van der Waals surface area contributed by atoms with Crippen LogP contribution < -0.4 is 10.4 Å². The van der Waals surface area contributed by atoms with Gasteiger partial charge in [0.1, 0.15) is 17.6 Å². The molecule has 0 heterocycles. The van der Waals surface area contributed by atoms with Crippen molar-refractivity contribution in [3.05, 3.63) is 116 Å². The van der Waals surface area contributed by atoms with E-state index in [2.05, 4.69) is 0 Å². The molecule has 142 valence electrons. The highest BCUT2D eigenvalue weighted by Crippen LogP contribution is 2.48. The highest BCUT2D eigenvalue weighted by Gasteiger charge is 2.37. The van der Waals surface area contributed by atoms with Crippen molar-refractivity contribution >= 4 is 11.5 Å². The first kappa shape index (κ1) is 16.0. The fourth-order valence-electron chi connectivity index (χ4n) is 5.55. The molecule has 0 amide bonds. The summed E-state index contributed by atoms with van der Waals surface area (Å²) in [5.74, 6) is 0.402. The Morgan fingerprint density at radius 1 is 0.533 bits per heavy atom. The molecule has 7 rings (SSSR count). The fraction of sp³-hybridized carbons (Fsp3) is 0.0370. The van der Waals surface area contributed by atoms with E-state index in [0.29, 0.717) is 10.8 Å². The summed E-state index contributed by atoms with van der Waals surface area (Å²) in [5.41, 5.74) is 6.60.